The Morgan fingerprint density at radius 1 is 1.15 bits per heavy atom. The summed E-state index contributed by atoms with van der Waals surface area (Å²) in [7, 11) is 0. The van der Waals surface area contributed by atoms with Crippen LogP contribution in [0.1, 0.15) is 42.9 Å². The average molecular weight is 353 g/mol. The molecule has 1 fully saturated rings. The lowest BCUT2D eigenvalue weighted by Crippen LogP contribution is -2.30. The maximum Gasteiger partial charge on any atom is 0.303 e. The van der Waals surface area contributed by atoms with E-state index in [0.717, 1.165) is 17.7 Å². The van der Waals surface area contributed by atoms with Gasteiger partial charge >= 0.3 is 5.97 Å². The molecule has 0 spiro atoms. The summed E-state index contributed by atoms with van der Waals surface area (Å²) in [5.74, 6) is -0.613. The monoisotopic (exact) mass is 353 g/mol. The normalized spacial score (nSPS) is 23.2. The molecule has 0 bridgehead atoms. The minimum absolute atomic E-state index is 0.0962. The van der Waals surface area contributed by atoms with Crippen molar-refractivity contribution in [3.05, 3.63) is 78.1 Å². The Balaban J connectivity index is 1.69. The molecule has 0 saturated carbocycles. The van der Waals surface area contributed by atoms with Crippen LogP contribution >= 0.6 is 0 Å². The molecule has 3 unspecified atom stereocenters. The third kappa shape index (κ3) is 5.00. The van der Waals surface area contributed by atoms with E-state index in [1.807, 2.05) is 48.6 Å². The number of ether oxygens (including phenoxy) is 2. The molecule has 5 nitrogen and oxygen atoms in total. The fourth-order valence-electron chi connectivity index (χ4n) is 3.03. The van der Waals surface area contributed by atoms with Gasteiger partial charge in [-0.05, 0) is 30.5 Å². The maximum absolute atomic E-state index is 10.6. The van der Waals surface area contributed by atoms with Crippen LogP contribution in [0.25, 0.3) is 0 Å². The number of carboxylic acid groups (broad SMARTS) is 1. The van der Waals surface area contributed by atoms with Crippen LogP contribution in [0.5, 0.6) is 0 Å². The van der Waals surface area contributed by atoms with Gasteiger partial charge in [-0.15, -0.1) is 0 Å². The number of carboxylic acids is 1. The van der Waals surface area contributed by atoms with Gasteiger partial charge in [0.05, 0.1) is 18.4 Å². The zero-order chi connectivity index (χ0) is 18.2. The number of aromatic nitrogens is 1. The minimum Gasteiger partial charge on any atom is -0.481 e. The number of rotatable bonds is 7. The van der Waals surface area contributed by atoms with Crippen molar-refractivity contribution in [1.29, 1.82) is 0 Å². The highest BCUT2D eigenvalue weighted by atomic mass is 16.7. The molecule has 0 radical (unpaired) electrons. The van der Waals surface area contributed by atoms with Gasteiger partial charge in [0.1, 0.15) is 0 Å². The Morgan fingerprint density at radius 3 is 2.69 bits per heavy atom. The van der Waals surface area contributed by atoms with E-state index in [2.05, 4.69) is 17.1 Å². The van der Waals surface area contributed by atoms with Crippen molar-refractivity contribution in [2.24, 2.45) is 5.92 Å². The van der Waals surface area contributed by atoms with E-state index in [0.29, 0.717) is 13.0 Å². The molecule has 1 aliphatic heterocycles. The molecule has 1 N–H and O–H groups in total. The summed E-state index contributed by atoms with van der Waals surface area (Å²) in [5.41, 5.74) is 1.88. The Hall–Kier alpha value is -2.50. The van der Waals surface area contributed by atoms with Crippen molar-refractivity contribution >= 4 is 5.97 Å². The first kappa shape index (κ1) is 18.3. The van der Waals surface area contributed by atoms with Crippen LogP contribution in [0.2, 0.25) is 0 Å². The molecule has 2 heterocycles. The zero-order valence-electron chi connectivity index (χ0n) is 14.5. The van der Waals surface area contributed by atoms with Crippen molar-refractivity contribution in [2.75, 3.05) is 6.61 Å². The molecule has 0 aliphatic carbocycles. The van der Waals surface area contributed by atoms with Gasteiger partial charge in [-0.3, -0.25) is 9.78 Å². The van der Waals surface area contributed by atoms with Gasteiger partial charge in [0.15, 0.2) is 0 Å². The molecule has 1 aliphatic rings. The SMILES string of the molecule is O=C(O)CC/C=C\CC1COC(c2ccccn2)OC1c1ccccc1. The topological polar surface area (TPSA) is 68.7 Å². The van der Waals surface area contributed by atoms with Gasteiger partial charge in [0, 0.05) is 18.5 Å². The van der Waals surface area contributed by atoms with E-state index in [1.54, 1.807) is 6.20 Å². The summed E-state index contributed by atoms with van der Waals surface area (Å²) < 4.78 is 12.2. The Labute approximate surface area is 153 Å². The highest BCUT2D eigenvalue weighted by molar-refractivity contribution is 5.66. The molecular formula is C21H23NO4. The van der Waals surface area contributed by atoms with Crippen LogP contribution < -0.4 is 0 Å². The molecule has 3 atom stereocenters. The van der Waals surface area contributed by atoms with Gasteiger partial charge in [0.25, 0.3) is 0 Å². The molecule has 0 amide bonds. The zero-order valence-corrected chi connectivity index (χ0v) is 14.5. The predicted octanol–water partition coefficient (Wildman–Crippen LogP) is 4.30. The Bertz CT molecular complexity index is 717. The van der Waals surface area contributed by atoms with E-state index < -0.39 is 12.3 Å². The number of allylic oxidation sites excluding steroid dienone is 2. The summed E-state index contributed by atoms with van der Waals surface area (Å²) in [6.07, 6.45) is 6.56. The number of hydrogen-bond acceptors (Lipinski definition) is 4. The fourth-order valence-corrected chi connectivity index (χ4v) is 3.03. The Morgan fingerprint density at radius 2 is 1.96 bits per heavy atom. The summed E-state index contributed by atoms with van der Waals surface area (Å²) in [6.45, 7) is 0.560. The molecule has 3 rings (SSSR count). The van der Waals surface area contributed by atoms with Gasteiger partial charge < -0.3 is 14.6 Å². The largest absolute Gasteiger partial charge is 0.481 e. The first-order valence-corrected chi connectivity index (χ1v) is 8.84. The molecule has 5 heteroatoms. The van der Waals surface area contributed by atoms with Crippen LogP contribution in [-0.4, -0.2) is 22.7 Å². The average Bonchev–Trinajstić information content (AvgIpc) is 2.69. The maximum atomic E-state index is 10.6. The second-order valence-corrected chi connectivity index (χ2v) is 6.29. The number of benzene rings is 1. The second kappa shape index (κ2) is 9.27. The van der Waals surface area contributed by atoms with Crippen molar-refractivity contribution in [3.8, 4) is 0 Å². The van der Waals surface area contributed by atoms with Crippen molar-refractivity contribution < 1.29 is 19.4 Å². The molecule has 26 heavy (non-hydrogen) atoms. The fraction of sp³-hybridized carbons (Fsp3) is 0.333. The molecule has 1 saturated heterocycles. The Kier molecular flexibility index (Phi) is 6.52. The van der Waals surface area contributed by atoms with Crippen LogP contribution in [0.15, 0.2) is 66.9 Å². The lowest BCUT2D eigenvalue weighted by molar-refractivity contribution is -0.245. The number of hydrogen-bond donors (Lipinski definition) is 1. The second-order valence-electron chi connectivity index (χ2n) is 6.29. The van der Waals surface area contributed by atoms with E-state index in [1.165, 1.54) is 0 Å². The van der Waals surface area contributed by atoms with Crippen molar-refractivity contribution in [1.82, 2.24) is 4.98 Å². The first-order valence-electron chi connectivity index (χ1n) is 8.84. The van der Waals surface area contributed by atoms with E-state index >= 15 is 0 Å². The van der Waals surface area contributed by atoms with Gasteiger partial charge in [0.2, 0.25) is 6.29 Å². The number of aliphatic carboxylic acids is 1. The summed E-state index contributed by atoms with van der Waals surface area (Å²) in [6, 6.07) is 15.8. The van der Waals surface area contributed by atoms with Crippen LogP contribution in [0.4, 0.5) is 0 Å². The van der Waals surface area contributed by atoms with E-state index in [-0.39, 0.29) is 18.4 Å². The van der Waals surface area contributed by atoms with Gasteiger partial charge in [-0.2, -0.15) is 0 Å². The predicted molar refractivity (Wildman–Crippen MR) is 97.3 cm³/mol. The quantitative estimate of drug-likeness (QED) is 0.752. The van der Waals surface area contributed by atoms with Crippen molar-refractivity contribution in [3.63, 3.8) is 0 Å². The summed E-state index contributed by atoms with van der Waals surface area (Å²) >= 11 is 0. The number of carbonyl (C=O) groups is 1. The van der Waals surface area contributed by atoms with Crippen molar-refractivity contribution in [2.45, 2.75) is 31.7 Å². The molecule has 2 aromatic rings. The van der Waals surface area contributed by atoms with Crippen LogP contribution in [0.3, 0.4) is 0 Å². The first-order chi connectivity index (χ1) is 12.7. The third-order valence-electron chi connectivity index (χ3n) is 4.35. The summed E-state index contributed by atoms with van der Waals surface area (Å²) in [5, 5.41) is 8.71. The molecular weight excluding hydrogens is 330 g/mol. The minimum atomic E-state index is -0.778. The van der Waals surface area contributed by atoms with Gasteiger partial charge in [-0.25, -0.2) is 0 Å². The third-order valence-corrected chi connectivity index (χ3v) is 4.35. The lowest BCUT2D eigenvalue weighted by Gasteiger charge is -2.36. The molecule has 136 valence electrons. The van der Waals surface area contributed by atoms with Crippen LogP contribution in [-0.2, 0) is 14.3 Å². The molecule has 1 aromatic carbocycles. The van der Waals surface area contributed by atoms with Crippen LogP contribution in [0, 0.1) is 5.92 Å². The van der Waals surface area contributed by atoms with E-state index in [4.69, 9.17) is 14.6 Å². The lowest BCUT2D eigenvalue weighted by atomic mass is 9.92. The number of nitrogens with zero attached hydrogens (tertiary/aromatic N) is 1. The summed E-state index contributed by atoms with van der Waals surface area (Å²) in [4.78, 5) is 14.9. The highest BCUT2D eigenvalue weighted by Gasteiger charge is 2.33. The standard InChI is InChI=1S/C21H23NO4/c23-19(24)13-6-2-5-11-17-15-25-21(18-12-7-8-14-22-18)26-20(17)16-9-3-1-4-10-16/h1-5,7-10,12,14,17,20-21H,6,11,13,15H2,(H,23,24)/b5-2-. The highest BCUT2D eigenvalue weighted by Crippen LogP contribution is 2.39. The molecule has 1 aromatic heterocycles. The smallest absolute Gasteiger partial charge is 0.303 e. The number of pyridine rings is 1. The van der Waals surface area contributed by atoms with E-state index in [9.17, 15) is 4.79 Å². The van der Waals surface area contributed by atoms with Gasteiger partial charge in [-0.1, -0.05) is 48.6 Å².